The van der Waals surface area contributed by atoms with Gasteiger partial charge in [-0.15, -0.1) is 0 Å². The van der Waals surface area contributed by atoms with Gasteiger partial charge in [0.15, 0.2) is 0 Å². The van der Waals surface area contributed by atoms with Crippen LogP contribution >= 0.6 is 0 Å². The van der Waals surface area contributed by atoms with Crippen LogP contribution in [0.3, 0.4) is 0 Å². The zero-order valence-electron chi connectivity index (χ0n) is 11.7. The van der Waals surface area contributed by atoms with Crippen LogP contribution in [0, 0.1) is 10.1 Å². The second-order valence-electron chi connectivity index (χ2n) is 5.63. The van der Waals surface area contributed by atoms with E-state index in [0.717, 1.165) is 25.7 Å². The number of nitrogens with zero attached hydrogens (tertiary/aromatic N) is 1. The van der Waals surface area contributed by atoms with Gasteiger partial charge in [-0.25, -0.2) is 0 Å². The van der Waals surface area contributed by atoms with Gasteiger partial charge in [0.25, 0.3) is 5.69 Å². The van der Waals surface area contributed by atoms with Crippen molar-refractivity contribution in [1.82, 2.24) is 5.32 Å². The largest absolute Gasteiger partial charge is 0.389 e. The van der Waals surface area contributed by atoms with Crippen LogP contribution in [0.2, 0.25) is 0 Å². The maximum Gasteiger partial charge on any atom is 0.273 e. The Balaban J connectivity index is 1.91. The standard InChI is InChI=1S/C15H22N2O3/c18-15(9-5-1-2-6-10-15)12-16-11-13-7-3-4-8-14(13)17(19)20/h3-4,7-8,16,18H,1-2,5-6,9-12H2. The van der Waals surface area contributed by atoms with Crippen LogP contribution in [-0.4, -0.2) is 22.2 Å². The average molecular weight is 278 g/mol. The van der Waals surface area contributed by atoms with Crippen LogP contribution in [0.4, 0.5) is 5.69 Å². The zero-order chi connectivity index (χ0) is 14.4. The maximum absolute atomic E-state index is 10.9. The van der Waals surface area contributed by atoms with Gasteiger partial charge in [0.2, 0.25) is 0 Å². The molecule has 0 unspecified atom stereocenters. The molecule has 0 saturated heterocycles. The lowest BCUT2D eigenvalue weighted by molar-refractivity contribution is -0.385. The zero-order valence-corrected chi connectivity index (χ0v) is 11.7. The Labute approximate surface area is 119 Å². The number of hydrogen-bond donors (Lipinski definition) is 2. The van der Waals surface area contributed by atoms with Crippen molar-refractivity contribution in [2.24, 2.45) is 0 Å². The number of nitro groups is 1. The SMILES string of the molecule is O=[N+]([O-])c1ccccc1CNCC1(O)CCCCCC1. The highest BCUT2D eigenvalue weighted by atomic mass is 16.6. The summed E-state index contributed by atoms with van der Waals surface area (Å²) in [5.74, 6) is 0. The third kappa shape index (κ3) is 4.02. The molecule has 110 valence electrons. The van der Waals surface area contributed by atoms with Crippen molar-refractivity contribution in [3.8, 4) is 0 Å². The van der Waals surface area contributed by atoms with E-state index in [9.17, 15) is 15.2 Å². The third-order valence-corrected chi connectivity index (χ3v) is 3.99. The van der Waals surface area contributed by atoms with Crippen LogP contribution in [0.15, 0.2) is 24.3 Å². The van der Waals surface area contributed by atoms with Gasteiger partial charge in [-0.3, -0.25) is 10.1 Å². The molecule has 20 heavy (non-hydrogen) atoms. The normalized spacial score (nSPS) is 18.4. The van der Waals surface area contributed by atoms with E-state index in [4.69, 9.17) is 0 Å². The topological polar surface area (TPSA) is 75.4 Å². The molecular weight excluding hydrogens is 256 g/mol. The van der Waals surface area contributed by atoms with Gasteiger partial charge in [0.1, 0.15) is 0 Å². The Kier molecular flexibility index (Phi) is 5.09. The van der Waals surface area contributed by atoms with E-state index in [1.54, 1.807) is 18.2 Å². The minimum absolute atomic E-state index is 0.132. The molecule has 5 heteroatoms. The Morgan fingerprint density at radius 1 is 1.20 bits per heavy atom. The number of aliphatic hydroxyl groups is 1. The molecule has 0 spiro atoms. The molecule has 0 amide bonds. The number of nitro benzene ring substituents is 1. The van der Waals surface area contributed by atoms with Crippen molar-refractivity contribution >= 4 is 5.69 Å². The van der Waals surface area contributed by atoms with Crippen molar-refractivity contribution in [1.29, 1.82) is 0 Å². The molecule has 1 aliphatic rings. The Bertz CT molecular complexity index is 454. The number of rotatable bonds is 5. The number of para-hydroxylation sites is 1. The summed E-state index contributed by atoms with van der Waals surface area (Å²) in [6.07, 6.45) is 6.13. The summed E-state index contributed by atoms with van der Waals surface area (Å²) in [7, 11) is 0. The molecule has 1 saturated carbocycles. The summed E-state index contributed by atoms with van der Waals surface area (Å²) in [5, 5.41) is 24.6. The monoisotopic (exact) mass is 278 g/mol. The summed E-state index contributed by atoms with van der Waals surface area (Å²) < 4.78 is 0. The molecule has 5 nitrogen and oxygen atoms in total. The van der Waals surface area contributed by atoms with E-state index in [1.165, 1.54) is 18.9 Å². The summed E-state index contributed by atoms with van der Waals surface area (Å²) in [5.41, 5.74) is 0.141. The van der Waals surface area contributed by atoms with Crippen LogP contribution in [0.1, 0.15) is 44.1 Å². The van der Waals surface area contributed by atoms with Gasteiger partial charge in [-0.1, -0.05) is 43.9 Å². The number of benzene rings is 1. The van der Waals surface area contributed by atoms with E-state index < -0.39 is 5.60 Å². The fraction of sp³-hybridized carbons (Fsp3) is 0.600. The molecule has 0 radical (unpaired) electrons. The van der Waals surface area contributed by atoms with Crippen molar-refractivity contribution in [2.45, 2.75) is 50.7 Å². The molecule has 2 rings (SSSR count). The van der Waals surface area contributed by atoms with E-state index in [2.05, 4.69) is 5.32 Å². The second-order valence-corrected chi connectivity index (χ2v) is 5.63. The summed E-state index contributed by atoms with van der Waals surface area (Å²) in [4.78, 5) is 10.6. The quantitative estimate of drug-likeness (QED) is 0.493. The van der Waals surface area contributed by atoms with Crippen molar-refractivity contribution < 1.29 is 10.0 Å². The lowest BCUT2D eigenvalue weighted by Crippen LogP contribution is -2.39. The van der Waals surface area contributed by atoms with E-state index >= 15 is 0 Å². The van der Waals surface area contributed by atoms with Gasteiger partial charge in [0.05, 0.1) is 10.5 Å². The van der Waals surface area contributed by atoms with Crippen LogP contribution < -0.4 is 5.32 Å². The third-order valence-electron chi connectivity index (χ3n) is 3.99. The smallest absolute Gasteiger partial charge is 0.273 e. The first-order chi connectivity index (χ1) is 9.61. The first-order valence-corrected chi connectivity index (χ1v) is 7.26. The summed E-state index contributed by atoms with van der Waals surface area (Å²) in [6, 6.07) is 6.73. The molecule has 2 N–H and O–H groups in total. The molecule has 0 atom stereocenters. The summed E-state index contributed by atoms with van der Waals surface area (Å²) >= 11 is 0. The Hall–Kier alpha value is -1.46. The van der Waals surface area contributed by atoms with Gasteiger partial charge in [-0.05, 0) is 12.8 Å². The van der Waals surface area contributed by atoms with Crippen LogP contribution in [0.25, 0.3) is 0 Å². The fourth-order valence-electron chi connectivity index (χ4n) is 2.83. The Morgan fingerprint density at radius 3 is 2.50 bits per heavy atom. The maximum atomic E-state index is 10.9. The van der Waals surface area contributed by atoms with E-state index in [0.29, 0.717) is 18.7 Å². The second kappa shape index (κ2) is 6.81. The minimum atomic E-state index is -0.653. The number of nitrogens with one attached hydrogen (secondary N) is 1. The predicted molar refractivity (Wildman–Crippen MR) is 77.5 cm³/mol. The van der Waals surface area contributed by atoms with Gasteiger partial charge >= 0.3 is 0 Å². The predicted octanol–water partition coefficient (Wildman–Crippen LogP) is 2.77. The van der Waals surface area contributed by atoms with Gasteiger partial charge in [0, 0.05) is 24.7 Å². The van der Waals surface area contributed by atoms with Crippen molar-refractivity contribution in [3.05, 3.63) is 39.9 Å². The Morgan fingerprint density at radius 2 is 1.85 bits per heavy atom. The minimum Gasteiger partial charge on any atom is -0.389 e. The molecule has 1 fully saturated rings. The fourth-order valence-corrected chi connectivity index (χ4v) is 2.83. The van der Waals surface area contributed by atoms with Gasteiger partial charge < -0.3 is 10.4 Å². The van der Waals surface area contributed by atoms with Crippen LogP contribution in [0.5, 0.6) is 0 Å². The first kappa shape index (κ1) is 14.9. The molecule has 1 aliphatic carbocycles. The average Bonchev–Trinajstić information content (AvgIpc) is 2.64. The highest BCUT2D eigenvalue weighted by Crippen LogP contribution is 2.26. The molecule has 0 aromatic heterocycles. The lowest BCUT2D eigenvalue weighted by Gasteiger charge is -2.26. The summed E-state index contributed by atoms with van der Waals surface area (Å²) in [6.45, 7) is 0.915. The van der Waals surface area contributed by atoms with E-state index in [-0.39, 0.29) is 10.6 Å². The van der Waals surface area contributed by atoms with Crippen LogP contribution in [-0.2, 0) is 6.54 Å². The molecule has 0 aliphatic heterocycles. The highest BCUT2D eigenvalue weighted by Gasteiger charge is 2.27. The molecule has 1 aromatic carbocycles. The van der Waals surface area contributed by atoms with Crippen molar-refractivity contribution in [3.63, 3.8) is 0 Å². The van der Waals surface area contributed by atoms with E-state index in [1.807, 2.05) is 0 Å². The molecule has 1 aromatic rings. The highest BCUT2D eigenvalue weighted by molar-refractivity contribution is 5.39. The molecule has 0 heterocycles. The van der Waals surface area contributed by atoms with Gasteiger partial charge in [-0.2, -0.15) is 0 Å². The number of hydrogen-bond acceptors (Lipinski definition) is 4. The lowest BCUT2D eigenvalue weighted by atomic mass is 9.94. The molecular formula is C15H22N2O3. The molecule has 0 bridgehead atoms. The van der Waals surface area contributed by atoms with Crippen molar-refractivity contribution in [2.75, 3.05) is 6.54 Å². The first-order valence-electron chi connectivity index (χ1n) is 7.26.